The highest BCUT2D eigenvalue weighted by molar-refractivity contribution is 6.19. The summed E-state index contributed by atoms with van der Waals surface area (Å²) in [6.07, 6.45) is 0. The minimum absolute atomic E-state index is 0.100. The molecule has 1 amide bonds. The van der Waals surface area contributed by atoms with E-state index in [0.29, 0.717) is 27.8 Å². The number of amides is 1. The van der Waals surface area contributed by atoms with Gasteiger partial charge in [-0.1, -0.05) is 42.0 Å². The van der Waals surface area contributed by atoms with Crippen LogP contribution in [0.1, 0.15) is 33.3 Å². The number of para-hydroxylation sites is 1. The number of esters is 1. The summed E-state index contributed by atoms with van der Waals surface area (Å²) in [5, 5.41) is 8.59. The van der Waals surface area contributed by atoms with Crippen molar-refractivity contribution >= 4 is 39.4 Å². The second kappa shape index (κ2) is 9.14. The Morgan fingerprint density at radius 3 is 2.50 bits per heavy atom. The maximum atomic E-state index is 13.6. The number of anilines is 1. The molecule has 0 saturated carbocycles. The Balaban J connectivity index is 1.70. The lowest BCUT2D eigenvalue weighted by atomic mass is 10.1. The summed E-state index contributed by atoms with van der Waals surface area (Å²) in [7, 11) is 1.80. The van der Waals surface area contributed by atoms with Gasteiger partial charge in [-0.25, -0.2) is 4.79 Å². The van der Waals surface area contributed by atoms with Gasteiger partial charge >= 0.3 is 5.97 Å². The van der Waals surface area contributed by atoms with Crippen LogP contribution in [0.5, 0.6) is 0 Å². The van der Waals surface area contributed by atoms with Crippen molar-refractivity contribution in [1.82, 2.24) is 14.3 Å². The summed E-state index contributed by atoms with van der Waals surface area (Å²) in [5.41, 5.74) is 3.28. The number of carbonyl (C=O) groups is 2. The highest BCUT2D eigenvalue weighted by Gasteiger charge is 2.23. The first-order valence-electron chi connectivity index (χ1n) is 11.5. The number of hydrogen-bond acceptors (Lipinski definition) is 5. The van der Waals surface area contributed by atoms with Gasteiger partial charge in [-0.2, -0.15) is 9.78 Å². The van der Waals surface area contributed by atoms with Crippen LogP contribution < -0.4 is 10.9 Å². The number of ether oxygens (including phenoxy) is 1. The van der Waals surface area contributed by atoms with Crippen LogP contribution >= 0.6 is 0 Å². The minimum atomic E-state index is -0.502. The Morgan fingerprint density at radius 1 is 1.00 bits per heavy atom. The maximum absolute atomic E-state index is 13.6. The molecule has 5 aromatic rings. The van der Waals surface area contributed by atoms with Crippen LogP contribution in [0.4, 0.5) is 5.69 Å². The van der Waals surface area contributed by atoms with E-state index < -0.39 is 11.9 Å². The molecule has 8 nitrogen and oxygen atoms in total. The maximum Gasteiger partial charge on any atom is 0.338 e. The summed E-state index contributed by atoms with van der Waals surface area (Å²) in [6, 6.07) is 21.4. The van der Waals surface area contributed by atoms with Crippen LogP contribution in [-0.2, 0) is 11.8 Å². The molecule has 2 heterocycles. The molecule has 0 bridgehead atoms. The molecule has 5 rings (SSSR count). The number of aromatic nitrogens is 3. The Bertz CT molecular complexity index is 1700. The number of aryl methyl sites for hydroxylation is 2. The van der Waals surface area contributed by atoms with Gasteiger partial charge in [-0.05, 0) is 50.2 Å². The number of fused-ring (bicyclic) bond motifs is 3. The van der Waals surface area contributed by atoms with E-state index in [2.05, 4.69) is 10.4 Å². The monoisotopic (exact) mass is 480 g/mol. The van der Waals surface area contributed by atoms with E-state index in [1.807, 2.05) is 43.3 Å². The largest absolute Gasteiger partial charge is 0.462 e. The van der Waals surface area contributed by atoms with Gasteiger partial charge in [-0.15, -0.1) is 0 Å². The zero-order valence-corrected chi connectivity index (χ0v) is 20.1. The molecular weight excluding hydrogens is 456 g/mol. The van der Waals surface area contributed by atoms with Crippen molar-refractivity contribution < 1.29 is 14.3 Å². The third-order valence-electron chi connectivity index (χ3n) is 6.06. The lowest BCUT2D eigenvalue weighted by molar-refractivity contribution is 0.0526. The molecule has 3 aromatic carbocycles. The molecule has 0 spiro atoms. The third kappa shape index (κ3) is 3.92. The van der Waals surface area contributed by atoms with Crippen molar-refractivity contribution in [1.29, 1.82) is 0 Å². The zero-order chi connectivity index (χ0) is 25.4. The number of rotatable bonds is 5. The highest BCUT2D eigenvalue weighted by atomic mass is 16.5. The fourth-order valence-electron chi connectivity index (χ4n) is 4.33. The summed E-state index contributed by atoms with van der Waals surface area (Å²) >= 11 is 0. The van der Waals surface area contributed by atoms with Gasteiger partial charge < -0.3 is 14.6 Å². The van der Waals surface area contributed by atoms with Crippen molar-refractivity contribution in [2.75, 3.05) is 11.9 Å². The average molecular weight is 481 g/mol. The molecule has 0 saturated heterocycles. The fraction of sp³-hybridized carbons (Fsp3) is 0.143. The fourth-order valence-corrected chi connectivity index (χ4v) is 4.33. The van der Waals surface area contributed by atoms with Crippen molar-refractivity contribution in [2.45, 2.75) is 13.8 Å². The van der Waals surface area contributed by atoms with Crippen LogP contribution in [0.15, 0.2) is 77.6 Å². The van der Waals surface area contributed by atoms with Crippen molar-refractivity contribution in [3.63, 3.8) is 0 Å². The highest BCUT2D eigenvalue weighted by Crippen LogP contribution is 2.29. The van der Waals surface area contributed by atoms with E-state index in [4.69, 9.17) is 4.74 Å². The third-order valence-corrected chi connectivity index (χ3v) is 6.06. The first kappa shape index (κ1) is 23.0. The van der Waals surface area contributed by atoms with E-state index in [1.165, 1.54) is 4.68 Å². The Kier molecular flexibility index (Phi) is 5.85. The van der Waals surface area contributed by atoms with Crippen molar-refractivity contribution in [2.24, 2.45) is 7.05 Å². The van der Waals surface area contributed by atoms with Crippen LogP contribution in [0, 0.1) is 6.92 Å². The number of nitrogens with one attached hydrogen (secondary N) is 1. The van der Waals surface area contributed by atoms with Gasteiger partial charge in [0.1, 0.15) is 5.52 Å². The predicted molar refractivity (Wildman–Crippen MR) is 139 cm³/mol. The first-order valence-corrected chi connectivity index (χ1v) is 11.5. The van der Waals surface area contributed by atoms with Gasteiger partial charge in [0, 0.05) is 29.0 Å². The van der Waals surface area contributed by atoms with Gasteiger partial charge in [0.05, 0.1) is 17.9 Å². The van der Waals surface area contributed by atoms with Crippen molar-refractivity contribution in [3.8, 4) is 5.69 Å². The molecule has 36 heavy (non-hydrogen) atoms. The summed E-state index contributed by atoms with van der Waals surface area (Å²) in [6.45, 7) is 3.93. The molecule has 180 valence electrons. The zero-order valence-electron chi connectivity index (χ0n) is 20.1. The van der Waals surface area contributed by atoms with Crippen molar-refractivity contribution in [3.05, 3.63) is 100.0 Å². The summed E-state index contributed by atoms with van der Waals surface area (Å²) in [4.78, 5) is 39.4. The predicted octanol–water partition coefficient (Wildman–Crippen LogP) is 4.61. The van der Waals surface area contributed by atoms with Gasteiger partial charge in [-0.3, -0.25) is 9.59 Å². The Hall–Kier alpha value is -4.72. The minimum Gasteiger partial charge on any atom is -0.462 e. The molecule has 0 fully saturated rings. The standard InChI is InChI=1S/C28H24N4O4/c1-4-36-28(35)18-8-7-9-19(16-18)29-26(33)24-23-21-10-5-6-11-22(21)31(3)25(23)27(34)32(30-24)20-14-12-17(2)13-15-20/h5-16H,4H2,1-3H3,(H,29,33). The number of hydrogen-bond donors (Lipinski definition) is 1. The van der Waals surface area contributed by atoms with Gasteiger partial charge in [0.25, 0.3) is 11.5 Å². The quantitative estimate of drug-likeness (QED) is 0.371. The molecule has 0 radical (unpaired) electrons. The lowest BCUT2D eigenvalue weighted by Crippen LogP contribution is -2.27. The SMILES string of the molecule is CCOC(=O)c1cccc(NC(=O)c2nn(-c3ccc(C)cc3)c(=O)c3c2c2ccccc2n3C)c1. The van der Waals surface area contributed by atoms with E-state index in [9.17, 15) is 14.4 Å². The lowest BCUT2D eigenvalue weighted by Gasteiger charge is -2.11. The summed E-state index contributed by atoms with van der Waals surface area (Å²) in [5.74, 6) is -0.977. The molecule has 0 aliphatic carbocycles. The van der Waals surface area contributed by atoms with Gasteiger partial charge in [0.2, 0.25) is 0 Å². The molecular formula is C28H24N4O4. The smallest absolute Gasteiger partial charge is 0.338 e. The molecule has 8 heteroatoms. The van der Waals surface area contributed by atoms with E-state index >= 15 is 0 Å². The average Bonchev–Trinajstić information content (AvgIpc) is 3.18. The molecule has 0 atom stereocenters. The molecule has 0 aliphatic heterocycles. The first-order chi connectivity index (χ1) is 17.4. The number of carbonyl (C=O) groups excluding carboxylic acids is 2. The van der Waals surface area contributed by atoms with Crippen LogP contribution in [-0.4, -0.2) is 32.8 Å². The number of benzene rings is 3. The van der Waals surface area contributed by atoms with Gasteiger partial charge in [0.15, 0.2) is 5.69 Å². The van der Waals surface area contributed by atoms with E-state index in [1.54, 1.807) is 54.9 Å². The van der Waals surface area contributed by atoms with Crippen LogP contribution in [0.25, 0.3) is 27.5 Å². The van der Waals surface area contributed by atoms with Crippen LogP contribution in [0.2, 0.25) is 0 Å². The Labute approximate surface area is 206 Å². The van der Waals surface area contributed by atoms with E-state index in [-0.39, 0.29) is 17.9 Å². The Morgan fingerprint density at radius 2 is 1.75 bits per heavy atom. The normalized spacial score (nSPS) is 11.1. The molecule has 2 aromatic heterocycles. The topological polar surface area (TPSA) is 95.2 Å². The number of nitrogens with zero attached hydrogens (tertiary/aromatic N) is 3. The molecule has 0 unspecified atom stereocenters. The molecule has 0 aliphatic rings. The van der Waals surface area contributed by atoms with Crippen LogP contribution in [0.3, 0.4) is 0 Å². The van der Waals surface area contributed by atoms with E-state index in [0.717, 1.165) is 16.5 Å². The summed E-state index contributed by atoms with van der Waals surface area (Å²) < 4.78 is 8.11. The second-order valence-electron chi connectivity index (χ2n) is 8.46. The second-order valence-corrected chi connectivity index (χ2v) is 8.46. The molecule has 1 N–H and O–H groups in total.